The molecule has 0 atom stereocenters. The molecule has 26 heavy (non-hydrogen) atoms. The first-order valence-electron chi connectivity index (χ1n) is 8.84. The van der Waals surface area contributed by atoms with Gasteiger partial charge in [-0.05, 0) is 43.3 Å². The first-order valence-corrected chi connectivity index (χ1v) is 9.21. The molecule has 6 heteroatoms. The number of carbonyl (C=O) groups is 1. The SMILES string of the molecule is O=C(CN1CCCN(Cc2ccccc2)CC1)Nc1ccc(F)c(Cl)c1. The lowest BCUT2D eigenvalue weighted by atomic mass is 10.2. The van der Waals surface area contributed by atoms with Crippen molar-refractivity contribution in [3.63, 3.8) is 0 Å². The quantitative estimate of drug-likeness (QED) is 0.866. The zero-order chi connectivity index (χ0) is 18.4. The fourth-order valence-corrected chi connectivity index (χ4v) is 3.34. The number of hydrogen-bond acceptors (Lipinski definition) is 3. The summed E-state index contributed by atoms with van der Waals surface area (Å²) >= 11 is 5.75. The van der Waals surface area contributed by atoms with Crippen molar-refractivity contribution >= 4 is 23.2 Å². The average molecular weight is 376 g/mol. The molecular formula is C20H23ClFN3O. The van der Waals surface area contributed by atoms with Gasteiger partial charge in [-0.15, -0.1) is 0 Å². The van der Waals surface area contributed by atoms with Crippen LogP contribution in [0, 0.1) is 5.82 Å². The van der Waals surface area contributed by atoms with Crippen molar-refractivity contribution in [2.45, 2.75) is 13.0 Å². The first kappa shape index (κ1) is 18.8. The Hall–Kier alpha value is -1.95. The topological polar surface area (TPSA) is 35.6 Å². The molecule has 1 heterocycles. The van der Waals surface area contributed by atoms with Crippen LogP contribution in [0.15, 0.2) is 48.5 Å². The molecule has 2 aromatic carbocycles. The number of halogens is 2. The van der Waals surface area contributed by atoms with Gasteiger partial charge in [-0.3, -0.25) is 14.6 Å². The second-order valence-corrected chi connectivity index (χ2v) is 6.98. The van der Waals surface area contributed by atoms with Gasteiger partial charge in [-0.2, -0.15) is 0 Å². The molecule has 138 valence electrons. The molecule has 2 aromatic rings. The fourth-order valence-electron chi connectivity index (χ4n) is 3.16. The van der Waals surface area contributed by atoms with Crippen LogP contribution in [-0.4, -0.2) is 48.4 Å². The van der Waals surface area contributed by atoms with Crippen molar-refractivity contribution in [2.75, 3.05) is 38.0 Å². The Morgan fingerprint density at radius 1 is 1.04 bits per heavy atom. The molecule has 0 radical (unpaired) electrons. The normalized spacial score (nSPS) is 16.2. The lowest BCUT2D eigenvalue weighted by molar-refractivity contribution is -0.117. The van der Waals surface area contributed by atoms with Crippen LogP contribution in [0.5, 0.6) is 0 Å². The summed E-state index contributed by atoms with van der Waals surface area (Å²) in [6.45, 7) is 4.97. The summed E-state index contributed by atoms with van der Waals surface area (Å²) in [5.41, 5.74) is 1.83. The van der Waals surface area contributed by atoms with Crippen LogP contribution in [0.2, 0.25) is 5.02 Å². The van der Waals surface area contributed by atoms with Gasteiger partial charge in [0.15, 0.2) is 0 Å². The third-order valence-electron chi connectivity index (χ3n) is 4.50. The monoisotopic (exact) mass is 375 g/mol. The molecule has 1 N–H and O–H groups in total. The molecule has 0 aliphatic carbocycles. The molecule has 4 nitrogen and oxygen atoms in total. The molecule has 1 saturated heterocycles. The minimum absolute atomic E-state index is 0.00845. The van der Waals surface area contributed by atoms with Crippen LogP contribution in [0.4, 0.5) is 10.1 Å². The highest BCUT2D eigenvalue weighted by molar-refractivity contribution is 6.31. The van der Waals surface area contributed by atoms with Gasteiger partial charge in [0.2, 0.25) is 5.91 Å². The Morgan fingerprint density at radius 3 is 2.54 bits per heavy atom. The smallest absolute Gasteiger partial charge is 0.238 e. The number of rotatable bonds is 5. The average Bonchev–Trinajstić information content (AvgIpc) is 2.84. The van der Waals surface area contributed by atoms with Crippen LogP contribution in [0.3, 0.4) is 0 Å². The van der Waals surface area contributed by atoms with Crippen LogP contribution in [0.1, 0.15) is 12.0 Å². The van der Waals surface area contributed by atoms with E-state index < -0.39 is 5.82 Å². The standard InChI is InChI=1S/C20H23ClFN3O/c21-18-13-17(7-8-19(18)22)23-20(26)15-25-10-4-9-24(11-12-25)14-16-5-2-1-3-6-16/h1-3,5-8,13H,4,9-12,14-15H2,(H,23,26). The van der Waals surface area contributed by atoms with Crippen LogP contribution in [0.25, 0.3) is 0 Å². The summed E-state index contributed by atoms with van der Waals surface area (Å²) in [4.78, 5) is 16.8. The fraction of sp³-hybridized carbons (Fsp3) is 0.350. The third-order valence-corrected chi connectivity index (χ3v) is 4.79. The highest BCUT2D eigenvalue weighted by atomic mass is 35.5. The van der Waals surface area contributed by atoms with Gasteiger partial charge in [-0.25, -0.2) is 4.39 Å². The van der Waals surface area contributed by atoms with Gasteiger partial charge in [0.05, 0.1) is 11.6 Å². The van der Waals surface area contributed by atoms with Crippen molar-refractivity contribution in [2.24, 2.45) is 0 Å². The van der Waals surface area contributed by atoms with Gasteiger partial charge < -0.3 is 5.32 Å². The third kappa shape index (κ3) is 5.53. The number of anilines is 1. The van der Waals surface area contributed by atoms with E-state index in [2.05, 4.69) is 39.4 Å². The molecule has 1 aliphatic heterocycles. The minimum atomic E-state index is -0.490. The van der Waals surface area contributed by atoms with E-state index in [0.717, 1.165) is 39.1 Å². The predicted octanol–water partition coefficient (Wildman–Crippen LogP) is 3.63. The maximum atomic E-state index is 13.2. The molecular weight excluding hydrogens is 353 g/mol. The summed E-state index contributed by atoms with van der Waals surface area (Å²) < 4.78 is 13.2. The predicted molar refractivity (Wildman–Crippen MR) is 103 cm³/mol. The lowest BCUT2D eigenvalue weighted by Gasteiger charge is -2.21. The summed E-state index contributed by atoms with van der Waals surface area (Å²) in [5.74, 6) is -0.597. The van der Waals surface area contributed by atoms with Gasteiger partial charge in [-0.1, -0.05) is 41.9 Å². The molecule has 1 fully saturated rings. The van der Waals surface area contributed by atoms with E-state index in [1.54, 1.807) is 0 Å². The highest BCUT2D eigenvalue weighted by Crippen LogP contribution is 2.19. The Bertz CT molecular complexity index is 741. The van der Waals surface area contributed by atoms with Gasteiger partial charge >= 0.3 is 0 Å². The van der Waals surface area contributed by atoms with Crippen LogP contribution >= 0.6 is 11.6 Å². The largest absolute Gasteiger partial charge is 0.325 e. The summed E-state index contributed by atoms with van der Waals surface area (Å²) in [7, 11) is 0. The Balaban J connectivity index is 1.48. The molecule has 0 spiro atoms. The Morgan fingerprint density at radius 2 is 1.77 bits per heavy atom. The maximum Gasteiger partial charge on any atom is 0.238 e. The summed E-state index contributed by atoms with van der Waals surface area (Å²) in [5, 5.41) is 2.79. The van der Waals surface area contributed by atoms with E-state index in [-0.39, 0.29) is 10.9 Å². The zero-order valence-electron chi connectivity index (χ0n) is 14.6. The Labute approximate surface area is 158 Å². The summed E-state index contributed by atoms with van der Waals surface area (Å²) in [6, 6.07) is 14.6. The number of amides is 1. The van der Waals surface area contributed by atoms with E-state index in [9.17, 15) is 9.18 Å². The van der Waals surface area contributed by atoms with Crippen molar-refractivity contribution in [1.82, 2.24) is 9.80 Å². The van der Waals surface area contributed by atoms with Crippen LogP contribution < -0.4 is 5.32 Å². The maximum absolute atomic E-state index is 13.2. The van der Waals surface area contributed by atoms with Crippen molar-refractivity contribution < 1.29 is 9.18 Å². The van der Waals surface area contributed by atoms with Gasteiger partial charge in [0.25, 0.3) is 0 Å². The second-order valence-electron chi connectivity index (χ2n) is 6.57. The molecule has 0 unspecified atom stereocenters. The zero-order valence-corrected chi connectivity index (χ0v) is 15.4. The van der Waals surface area contributed by atoms with Crippen molar-refractivity contribution in [1.29, 1.82) is 0 Å². The molecule has 0 bridgehead atoms. The number of hydrogen-bond donors (Lipinski definition) is 1. The van der Waals surface area contributed by atoms with Crippen LogP contribution in [-0.2, 0) is 11.3 Å². The second kappa shape index (κ2) is 9.12. The number of carbonyl (C=O) groups excluding carboxylic acids is 1. The van der Waals surface area contributed by atoms with Crippen molar-refractivity contribution in [3.8, 4) is 0 Å². The van der Waals surface area contributed by atoms with E-state index in [4.69, 9.17) is 11.6 Å². The highest BCUT2D eigenvalue weighted by Gasteiger charge is 2.17. The van der Waals surface area contributed by atoms with E-state index in [1.807, 2.05) is 6.07 Å². The molecule has 0 saturated carbocycles. The Kier molecular flexibility index (Phi) is 6.61. The molecule has 1 aliphatic rings. The number of benzene rings is 2. The number of nitrogens with zero attached hydrogens (tertiary/aromatic N) is 2. The number of nitrogens with one attached hydrogen (secondary N) is 1. The van der Waals surface area contributed by atoms with Gasteiger partial charge in [0.1, 0.15) is 5.82 Å². The van der Waals surface area contributed by atoms with Crippen molar-refractivity contribution in [3.05, 3.63) is 64.9 Å². The molecule has 3 rings (SSSR count). The van der Waals surface area contributed by atoms with E-state index >= 15 is 0 Å². The van der Waals surface area contributed by atoms with Gasteiger partial charge in [0, 0.05) is 25.3 Å². The van der Waals surface area contributed by atoms with E-state index in [0.29, 0.717) is 12.2 Å². The first-order chi connectivity index (χ1) is 12.6. The summed E-state index contributed by atoms with van der Waals surface area (Å²) in [6.07, 6.45) is 1.03. The lowest BCUT2D eigenvalue weighted by Crippen LogP contribution is -2.36. The minimum Gasteiger partial charge on any atom is -0.325 e. The van der Waals surface area contributed by atoms with E-state index in [1.165, 1.54) is 23.8 Å². The molecule has 1 amide bonds. The molecule has 0 aromatic heterocycles.